The third-order valence-electron chi connectivity index (χ3n) is 3.80. The zero-order valence-electron chi connectivity index (χ0n) is 14.3. The lowest BCUT2D eigenvalue weighted by Gasteiger charge is -2.11. The van der Waals surface area contributed by atoms with E-state index in [0.29, 0.717) is 0 Å². The van der Waals surface area contributed by atoms with Gasteiger partial charge in [0, 0.05) is 14.7 Å². The second kappa shape index (κ2) is 9.61. The van der Waals surface area contributed by atoms with Crippen molar-refractivity contribution >= 4 is 0 Å². The van der Waals surface area contributed by atoms with Crippen LogP contribution in [0.15, 0.2) is 51.7 Å². The fourth-order valence-corrected chi connectivity index (χ4v) is 2.68. The van der Waals surface area contributed by atoms with Crippen LogP contribution in [0.2, 0.25) is 0 Å². The van der Waals surface area contributed by atoms with E-state index in [-0.39, 0.29) is 19.6 Å². The topological polar surface area (TPSA) is 146 Å². The summed E-state index contributed by atoms with van der Waals surface area (Å²) in [6.45, 7) is 2.77. The fraction of sp³-hybridized carbons (Fsp3) is 0.294. The summed E-state index contributed by atoms with van der Waals surface area (Å²) in [5, 5.41) is 10.9. The van der Waals surface area contributed by atoms with E-state index in [1.165, 1.54) is 0 Å². The van der Waals surface area contributed by atoms with Gasteiger partial charge in [-0.05, 0) is 56.4 Å². The summed E-state index contributed by atoms with van der Waals surface area (Å²) in [7, 11) is 0. The summed E-state index contributed by atoms with van der Waals surface area (Å²) < 4.78 is 0. The molecule has 0 aliphatic rings. The van der Waals surface area contributed by atoms with E-state index >= 15 is 0 Å². The molecule has 2 rings (SSSR count). The smallest absolute Gasteiger partial charge is 0.0511 e. The van der Waals surface area contributed by atoms with Gasteiger partial charge in [-0.3, -0.25) is 0 Å². The molecule has 9 nitrogen and oxygen atoms in total. The largest absolute Gasteiger partial charge is 0.0893 e. The summed E-state index contributed by atoms with van der Waals surface area (Å²) >= 11 is 0. The fourth-order valence-electron chi connectivity index (χ4n) is 2.68. The number of hydrogen-bond acceptors (Lipinski definition) is 3. The average Bonchev–Trinajstić information content (AvgIpc) is 2.68. The number of azide groups is 3. The van der Waals surface area contributed by atoms with Gasteiger partial charge in [-0.15, -0.1) is 0 Å². The molecule has 0 atom stereocenters. The van der Waals surface area contributed by atoms with Crippen LogP contribution in [0.25, 0.3) is 42.5 Å². The molecule has 0 spiro atoms. The molecular weight excluding hydrogens is 330 g/mol. The number of nitrogens with zero attached hydrogens (tertiary/aromatic N) is 9. The van der Waals surface area contributed by atoms with E-state index in [2.05, 4.69) is 43.1 Å². The van der Waals surface area contributed by atoms with Crippen molar-refractivity contribution in [3.05, 3.63) is 90.0 Å². The van der Waals surface area contributed by atoms with Crippen molar-refractivity contribution in [3.63, 3.8) is 0 Å². The molecule has 0 N–H and O–H groups in total. The molecule has 0 amide bonds. The number of aryl methyl sites for hydroxylation is 1. The minimum absolute atomic E-state index is 0.215. The second-order valence-corrected chi connectivity index (χ2v) is 5.60. The lowest BCUT2D eigenvalue weighted by Crippen LogP contribution is -1.93. The van der Waals surface area contributed by atoms with Crippen LogP contribution >= 0.6 is 0 Å². The predicted octanol–water partition coefficient (Wildman–Crippen LogP) is 6.35. The van der Waals surface area contributed by atoms with Crippen LogP contribution in [0.5, 0.6) is 0 Å². The maximum Gasteiger partial charge on any atom is 0.0511 e. The van der Waals surface area contributed by atoms with Gasteiger partial charge in [-0.25, -0.2) is 0 Å². The van der Waals surface area contributed by atoms with E-state index < -0.39 is 0 Å². The van der Waals surface area contributed by atoms with E-state index in [9.17, 15) is 0 Å². The number of rotatable bonds is 8. The minimum Gasteiger partial charge on any atom is -0.0893 e. The molecule has 26 heavy (non-hydrogen) atoms. The Hall–Kier alpha value is -3.63. The summed E-state index contributed by atoms with van der Waals surface area (Å²) in [4.78, 5) is 8.41. The molecule has 0 saturated carbocycles. The van der Waals surface area contributed by atoms with Crippen LogP contribution in [0, 0.1) is 0 Å². The van der Waals surface area contributed by atoms with Crippen molar-refractivity contribution in [1.29, 1.82) is 0 Å². The van der Waals surface area contributed by atoms with Crippen molar-refractivity contribution in [2.24, 2.45) is 15.3 Å². The van der Waals surface area contributed by atoms with Gasteiger partial charge in [-0.1, -0.05) is 58.7 Å². The molecule has 0 saturated heterocycles. The zero-order chi connectivity index (χ0) is 18.8. The quantitative estimate of drug-likeness (QED) is 0.297. The Morgan fingerprint density at radius 3 is 1.31 bits per heavy atom. The Morgan fingerprint density at radius 2 is 0.962 bits per heavy atom. The van der Waals surface area contributed by atoms with Gasteiger partial charge in [0.2, 0.25) is 0 Å². The molecular formula is C17H17N9. The van der Waals surface area contributed by atoms with E-state index in [0.717, 1.165) is 39.8 Å². The Morgan fingerprint density at radius 1 is 0.615 bits per heavy atom. The molecule has 2 aromatic rings. The summed E-state index contributed by atoms with van der Waals surface area (Å²) in [6, 6.07) is 11.8. The van der Waals surface area contributed by atoms with Gasteiger partial charge < -0.3 is 0 Å². The molecule has 0 aromatic heterocycles. The Balaban J connectivity index is 2.55. The van der Waals surface area contributed by atoms with Gasteiger partial charge in [0.25, 0.3) is 0 Å². The van der Waals surface area contributed by atoms with E-state index in [1.54, 1.807) is 0 Å². The van der Waals surface area contributed by atoms with E-state index in [4.69, 9.17) is 16.6 Å². The SMILES string of the molecule is CCc1cc(CN=[N+]=[N-])cc(-c2cc(CN=[N+]=[N-])cc(CN=[N+]=[N-])c2)c1. The van der Waals surface area contributed by atoms with Crippen molar-refractivity contribution < 1.29 is 0 Å². The van der Waals surface area contributed by atoms with Gasteiger partial charge in [0.15, 0.2) is 0 Å². The van der Waals surface area contributed by atoms with Crippen LogP contribution in [0.4, 0.5) is 0 Å². The first-order chi connectivity index (χ1) is 12.7. The second-order valence-electron chi connectivity index (χ2n) is 5.60. The third kappa shape index (κ3) is 5.19. The monoisotopic (exact) mass is 347 g/mol. The lowest BCUT2D eigenvalue weighted by atomic mass is 9.95. The normalized spacial score (nSPS) is 9.58. The first-order valence-corrected chi connectivity index (χ1v) is 7.98. The zero-order valence-corrected chi connectivity index (χ0v) is 14.3. The number of hydrogen-bond donors (Lipinski definition) is 0. The van der Waals surface area contributed by atoms with Gasteiger partial charge in [-0.2, -0.15) is 0 Å². The molecule has 0 aliphatic heterocycles. The Labute approximate surface area is 150 Å². The molecule has 130 valence electrons. The van der Waals surface area contributed by atoms with Crippen molar-refractivity contribution in [1.82, 2.24) is 0 Å². The summed E-state index contributed by atoms with van der Waals surface area (Å²) in [5.41, 5.74) is 31.3. The minimum atomic E-state index is 0.215. The predicted molar refractivity (Wildman–Crippen MR) is 99.8 cm³/mol. The maximum absolute atomic E-state index is 8.56. The maximum atomic E-state index is 8.56. The molecule has 2 aromatic carbocycles. The van der Waals surface area contributed by atoms with Crippen molar-refractivity contribution in [2.75, 3.05) is 0 Å². The molecule has 0 heterocycles. The van der Waals surface area contributed by atoms with Gasteiger partial charge >= 0.3 is 0 Å². The number of benzene rings is 2. The third-order valence-corrected chi connectivity index (χ3v) is 3.80. The van der Waals surface area contributed by atoms with Crippen molar-refractivity contribution in [2.45, 2.75) is 33.0 Å². The van der Waals surface area contributed by atoms with Gasteiger partial charge in [0.05, 0.1) is 19.6 Å². The highest BCUT2D eigenvalue weighted by Gasteiger charge is 2.06. The molecule has 0 fully saturated rings. The highest BCUT2D eigenvalue weighted by Crippen LogP contribution is 2.26. The molecule has 0 radical (unpaired) electrons. The summed E-state index contributed by atoms with van der Waals surface area (Å²) in [6.07, 6.45) is 0.848. The highest BCUT2D eigenvalue weighted by atomic mass is 15.1. The first-order valence-electron chi connectivity index (χ1n) is 7.98. The highest BCUT2D eigenvalue weighted by molar-refractivity contribution is 5.67. The molecule has 0 aliphatic carbocycles. The molecule has 0 unspecified atom stereocenters. The van der Waals surface area contributed by atoms with Crippen LogP contribution in [0.3, 0.4) is 0 Å². The molecule has 9 heteroatoms. The Bertz CT molecular complexity index is 893. The molecule has 0 bridgehead atoms. The lowest BCUT2D eigenvalue weighted by molar-refractivity contribution is 1.01. The standard InChI is InChI=1S/C17H17N9/c1-2-12-3-13(9-21-24-18)6-16(5-12)17-7-14(10-22-25-19)4-15(8-17)11-23-26-20/h3-8H,2,9-11H2,1H3. The average molecular weight is 347 g/mol. The first kappa shape index (κ1) is 18.7. The van der Waals surface area contributed by atoms with Crippen LogP contribution in [0.1, 0.15) is 29.2 Å². The van der Waals surface area contributed by atoms with Gasteiger partial charge in [0.1, 0.15) is 0 Å². The van der Waals surface area contributed by atoms with Crippen LogP contribution in [-0.4, -0.2) is 0 Å². The summed E-state index contributed by atoms with van der Waals surface area (Å²) in [5.74, 6) is 0. The van der Waals surface area contributed by atoms with Crippen LogP contribution < -0.4 is 0 Å². The van der Waals surface area contributed by atoms with E-state index in [1.807, 2.05) is 30.3 Å². The van der Waals surface area contributed by atoms with Crippen molar-refractivity contribution in [3.8, 4) is 11.1 Å². The Kier molecular flexibility index (Phi) is 6.92. The van der Waals surface area contributed by atoms with Crippen LogP contribution in [-0.2, 0) is 26.1 Å².